The van der Waals surface area contributed by atoms with E-state index >= 15 is 0 Å². The second-order valence-corrected chi connectivity index (χ2v) is 7.33. The SMILES string of the molecule is CC(C)Oc1ccc(N)c(C(=[NH2+])c2ccnc(NC(=O)CCc3cnn(C)c3)c2)c1. The molecule has 30 heavy (non-hydrogen) atoms. The van der Waals surface area contributed by atoms with Gasteiger partial charge in [-0.3, -0.25) is 14.9 Å². The van der Waals surface area contributed by atoms with Crippen LogP contribution in [0.3, 0.4) is 0 Å². The largest absolute Gasteiger partial charge is 0.491 e. The summed E-state index contributed by atoms with van der Waals surface area (Å²) in [6, 6.07) is 8.90. The topological polar surface area (TPSA) is 121 Å². The molecule has 0 saturated heterocycles. The Labute approximate surface area is 175 Å². The summed E-state index contributed by atoms with van der Waals surface area (Å²) in [7, 11) is 1.84. The molecule has 5 N–H and O–H groups in total. The lowest BCUT2D eigenvalue weighted by molar-refractivity contribution is -0.116. The van der Waals surface area contributed by atoms with Crippen LogP contribution < -0.4 is 21.2 Å². The first kappa shape index (κ1) is 21.0. The van der Waals surface area contributed by atoms with Crippen LogP contribution in [-0.2, 0) is 18.3 Å². The third kappa shape index (κ3) is 5.44. The predicted molar refractivity (Wildman–Crippen MR) is 116 cm³/mol. The standard InChI is InChI=1S/C22H26N6O2/c1-14(2)30-17-5-6-19(23)18(11-17)22(24)16-8-9-25-20(10-16)27-21(29)7-4-15-12-26-28(3)13-15/h5-6,8-14,24H,4,7,23H2,1-3H3,(H,25,27,29)/p+1. The van der Waals surface area contributed by atoms with E-state index in [1.165, 1.54) is 0 Å². The summed E-state index contributed by atoms with van der Waals surface area (Å²) in [5, 5.41) is 13.3. The van der Waals surface area contributed by atoms with E-state index in [2.05, 4.69) is 15.4 Å². The number of nitrogens with two attached hydrogens (primary N) is 2. The molecule has 0 saturated carbocycles. The monoisotopic (exact) mass is 407 g/mol. The molecule has 0 aliphatic carbocycles. The molecule has 0 atom stereocenters. The van der Waals surface area contributed by atoms with Crippen LogP contribution in [0.25, 0.3) is 0 Å². The first-order valence-electron chi connectivity index (χ1n) is 9.74. The molecule has 8 heteroatoms. The minimum Gasteiger partial charge on any atom is -0.491 e. The molecule has 0 fully saturated rings. The highest BCUT2D eigenvalue weighted by Gasteiger charge is 2.17. The van der Waals surface area contributed by atoms with Crippen molar-refractivity contribution >= 4 is 23.1 Å². The van der Waals surface area contributed by atoms with Gasteiger partial charge in [-0.05, 0) is 56.2 Å². The molecule has 2 aromatic heterocycles. The Bertz CT molecular complexity index is 1060. The number of nitrogens with one attached hydrogen (secondary N) is 1. The van der Waals surface area contributed by atoms with Crippen molar-refractivity contribution in [1.29, 1.82) is 0 Å². The Hall–Kier alpha value is -3.68. The van der Waals surface area contributed by atoms with E-state index in [0.717, 1.165) is 5.56 Å². The number of aryl methyl sites for hydroxylation is 2. The maximum absolute atomic E-state index is 12.3. The van der Waals surface area contributed by atoms with Crippen LogP contribution in [0.4, 0.5) is 11.5 Å². The van der Waals surface area contributed by atoms with Gasteiger partial charge in [-0.15, -0.1) is 0 Å². The number of rotatable bonds is 8. The maximum Gasteiger partial charge on any atom is 0.225 e. The highest BCUT2D eigenvalue weighted by Crippen LogP contribution is 2.23. The molecule has 0 radical (unpaired) electrons. The molecule has 1 amide bonds. The molecule has 156 valence electrons. The lowest BCUT2D eigenvalue weighted by atomic mass is 10.0. The summed E-state index contributed by atoms with van der Waals surface area (Å²) in [5.41, 5.74) is 9.54. The van der Waals surface area contributed by atoms with Crippen LogP contribution in [-0.4, -0.2) is 32.5 Å². The van der Waals surface area contributed by atoms with Gasteiger partial charge >= 0.3 is 0 Å². The number of nitrogens with zero attached hydrogens (tertiary/aromatic N) is 3. The van der Waals surface area contributed by atoms with Crippen molar-refractivity contribution in [3.05, 3.63) is 65.6 Å². The van der Waals surface area contributed by atoms with Crippen LogP contribution in [0.15, 0.2) is 48.9 Å². The summed E-state index contributed by atoms with van der Waals surface area (Å²) in [6.45, 7) is 3.91. The summed E-state index contributed by atoms with van der Waals surface area (Å²) in [4.78, 5) is 16.5. The Morgan fingerprint density at radius 1 is 1.30 bits per heavy atom. The predicted octanol–water partition coefficient (Wildman–Crippen LogP) is 1.35. The molecule has 2 heterocycles. The number of carbonyl (C=O) groups is 1. The molecular formula is C22H27N6O2+. The Kier molecular flexibility index (Phi) is 6.46. The first-order valence-corrected chi connectivity index (χ1v) is 9.74. The fraction of sp³-hybridized carbons (Fsp3) is 0.273. The van der Waals surface area contributed by atoms with Gasteiger partial charge < -0.3 is 15.8 Å². The van der Waals surface area contributed by atoms with Gasteiger partial charge in [0, 0.05) is 31.5 Å². The molecule has 0 spiro atoms. The summed E-state index contributed by atoms with van der Waals surface area (Å²) in [6.07, 6.45) is 6.22. The van der Waals surface area contributed by atoms with Crippen LogP contribution in [0.2, 0.25) is 0 Å². The van der Waals surface area contributed by atoms with Crippen molar-refractivity contribution in [1.82, 2.24) is 14.8 Å². The zero-order chi connectivity index (χ0) is 21.7. The van der Waals surface area contributed by atoms with Crippen LogP contribution in [0.1, 0.15) is 37.0 Å². The van der Waals surface area contributed by atoms with E-state index in [1.807, 2.05) is 39.2 Å². The van der Waals surface area contributed by atoms with Crippen molar-refractivity contribution in [3.8, 4) is 5.75 Å². The minimum absolute atomic E-state index is 0.0390. The van der Waals surface area contributed by atoms with E-state index in [1.54, 1.807) is 35.3 Å². The fourth-order valence-corrected chi connectivity index (χ4v) is 3.00. The van der Waals surface area contributed by atoms with E-state index in [-0.39, 0.29) is 12.0 Å². The number of carbonyl (C=O) groups excluding carboxylic acids is 1. The molecular weight excluding hydrogens is 380 g/mol. The van der Waals surface area contributed by atoms with Crippen molar-refractivity contribution < 1.29 is 14.9 Å². The Balaban J connectivity index is 1.70. The fourth-order valence-electron chi connectivity index (χ4n) is 3.00. The molecule has 3 rings (SSSR count). The number of ether oxygens (including phenoxy) is 1. The Morgan fingerprint density at radius 2 is 2.10 bits per heavy atom. The maximum atomic E-state index is 12.3. The van der Waals surface area contributed by atoms with E-state index in [0.29, 0.717) is 46.9 Å². The van der Waals surface area contributed by atoms with Gasteiger partial charge in [0.25, 0.3) is 0 Å². The van der Waals surface area contributed by atoms with E-state index in [4.69, 9.17) is 15.9 Å². The normalized spacial score (nSPS) is 10.8. The molecule has 0 aliphatic heterocycles. The van der Waals surface area contributed by atoms with Gasteiger partial charge in [0.05, 0.1) is 23.4 Å². The molecule has 0 bridgehead atoms. The van der Waals surface area contributed by atoms with Crippen LogP contribution in [0, 0.1) is 0 Å². The number of nitrogen functional groups attached to an aromatic ring is 1. The summed E-state index contributed by atoms with van der Waals surface area (Å²) < 4.78 is 7.45. The number of benzene rings is 1. The minimum atomic E-state index is -0.131. The molecule has 1 aromatic carbocycles. The second kappa shape index (κ2) is 9.21. The molecule has 3 aromatic rings. The smallest absolute Gasteiger partial charge is 0.225 e. The van der Waals surface area contributed by atoms with Crippen LogP contribution in [0.5, 0.6) is 5.75 Å². The van der Waals surface area contributed by atoms with E-state index in [9.17, 15) is 4.79 Å². The van der Waals surface area contributed by atoms with Crippen molar-refractivity contribution in [2.45, 2.75) is 32.8 Å². The quantitative estimate of drug-likeness (QED) is 0.384. The van der Waals surface area contributed by atoms with Gasteiger partial charge in [-0.25, -0.2) is 4.98 Å². The van der Waals surface area contributed by atoms with Gasteiger partial charge in [0.15, 0.2) is 0 Å². The zero-order valence-corrected chi connectivity index (χ0v) is 17.4. The highest BCUT2D eigenvalue weighted by molar-refractivity contribution is 6.12. The summed E-state index contributed by atoms with van der Waals surface area (Å²) in [5.74, 6) is 0.990. The first-order chi connectivity index (χ1) is 14.3. The van der Waals surface area contributed by atoms with Crippen molar-refractivity contribution in [2.75, 3.05) is 11.1 Å². The summed E-state index contributed by atoms with van der Waals surface area (Å²) >= 11 is 0. The lowest BCUT2D eigenvalue weighted by Gasteiger charge is -2.12. The average Bonchev–Trinajstić information content (AvgIpc) is 3.12. The number of hydrogen-bond acceptors (Lipinski definition) is 5. The molecule has 0 aliphatic rings. The highest BCUT2D eigenvalue weighted by atomic mass is 16.5. The van der Waals surface area contributed by atoms with Gasteiger partial charge in [-0.2, -0.15) is 5.10 Å². The van der Waals surface area contributed by atoms with Gasteiger partial charge in [-0.1, -0.05) is 0 Å². The average molecular weight is 407 g/mol. The number of amides is 1. The van der Waals surface area contributed by atoms with Gasteiger partial charge in [0.1, 0.15) is 11.6 Å². The molecule has 8 nitrogen and oxygen atoms in total. The van der Waals surface area contributed by atoms with E-state index < -0.39 is 0 Å². The Morgan fingerprint density at radius 3 is 2.80 bits per heavy atom. The lowest BCUT2D eigenvalue weighted by Crippen LogP contribution is -2.41. The van der Waals surface area contributed by atoms with Crippen molar-refractivity contribution in [2.24, 2.45) is 7.05 Å². The number of anilines is 2. The number of aromatic nitrogens is 3. The zero-order valence-electron chi connectivity index (χ0n) is 17.4. The van der Waals surface area contributed by atoms with Crippen LogP contribution >= 0.6 is 0 Å². The van der Waals surface area contributed by atoms with Crippen molar-refractivity contribution in [3.63, 3.8) is 0 Å². The molecule has 0 unspecified atom stereocenters. The van der Waals surface area contributed by atoms with Gasteiger partial charge in [0.2, 0.25) is 11.6 Å². The number of pyridine rings is 1. The number of hydrogen-bond donors (Lipinski definition) is 3. The third-order valence-electron chi connectivity index (χ3n) is 4.42. The third-order valence-corrected chi connectivity index (χ3v) is 4.42. The second-order valence-electron chi connectivity index (χ2n) is 7.33.